The van der Waals surface area contributed by atoms with Crippen LogP contribution in [-0.2, 0) is 9.53 Å². The molecule has 1 N–H and O–H groups in total. The maximum Gasteiger partial charge on any atom is 0.310 e. The first-order chi connectivity index (χ1) is 9.14. The molecular formula is C16H29NO3. The minimum atomic E-state index is -0.612. The van der Waals surface area contributed by atoms with Gasteiger partial charge < -0.3 is 9.84 Å². The summed E-state index contributed by atoms with van der Waals surface area (Å²) in [4.78, 5) is 14.1. The van der Waals surface area contributed by atoms with Gasteiger partial charge in [-0.3, -0.25) is 9.69 Å². The van der Waals surface area contributed by atoms with Crippen molar-refractivity contribution in [1.29, 1.82) is 0 Å². The van der Waals surface area contributed by atoms with Crippen LogP contribution in [0.25, 0.3) is 0 Å². The van der Waals surface area contributed by atoms with Crippen molar-refractivity contribution in [3.63, 3.8) is 0 Å². The molecule has 0 unspecified atom stereocenters. The molecule has 0 aromatic rings. The van der Waals surface area contributed by atoms with Gasteiger partial charge in [-0.2, -0.15) is 0 Å². The average Bonchev–Trinajstić information content (AvgIpc) is 2.25. The zero-order chi connectivity index (χ0) is 15.0. The molecule has 0 radical (unpaired) electrons. The predicted molar refractivity (Wildman–Crippen MR) is 78.8 cm³/mol. The summed E-state index contributed by atoms with van der Waals surface area (Å²) in [7, 11) is 0. The molecule has 0 amide bonds. The first-order valence-corrected chi connectivity index (χ1v) is 7.80. The van der Waals surface area contributed by atoms with Gasteiger partial charge in [0.05, 0.1) is 16.6 Å². The normalized spacial score (nSPS) is 29.0. The molecule has 1 saturated carbocycles. The molecule has 0 aromatic heterocycles. The second-order valence-corrected chi connectivity index (χ2v) is 7.91. The summed E-state index contributed by atoms with van der Waals surface area (Å²) >= 11 is 0. The molecule has 4 nitrogen and oxygen atoms in total. The highest BCUT2D eigenvalue weighted by molar-refractivity contribution is 5.75. The quantitative estimate of drug-likeness (QED) is 0.865. The molecule has 4 heteroatoms. The third-order valence-electron chi connectivity index (χ3n) is 4.55. The molecule has 1 heterocycles. The van der Waals surface area contributed by atoms with E-state index in [1.165, 1.54) is 6.42 Å². The van der Waals surface area contributed by atoms with Gasteiger partial charge in [-0.05, 0) is 40.5 Å². The minimum absolute atomic E-state index is 0.212. The fourth-order valence-corrected chi connectivity index (χ4v) is 4.15. The van der Waals surface area contributed by atoms with E-state index in [1.807, 2.05) is 0 Å². The summed E-state index contributed by atoms with van der Waals surface area (Å²) < 4.78 is 6.08. The van der Waals surface area contributed by atoms with Crippen molar-refractivity contribution in [2.75, 3.05) is 19.6 Å². The van der Waals surface area contributed by atoms with Gasteiger partial charge in [-0.1, -0.05) is 19.3 Å². The number of rotatable bonds is 3. The number of carbonyl (C=O) groups is 1. The van der Waals surface area contributed by atoms with Crippen molar-refractivity contribution in [2.24, 2.45) is 5.41 Å². The monoisotopic (exact) mass is 283 g/mol. The summed E-state index contributed by atoms with van der Waals surface area (Å²) in [6, 6.07) is 0. The molecule has 2 fully saturated rings. The zero-order valence-electron chi connectivity index (χ0n) is 13.4. The van der Waals surface area contributed by atoms with Crippen molar-refractivity contribution in [3.05, 3.63) is 0 Å². The molecule has 1 aliphatic carbocycles. The van der Waals surface area contributed by atoms with Gasteiger partial charge in [0.2, 0.25) is 0 Å². The van der Waals surface area contributed by atoms with Crippen LogP contribution in [0.4, 0.5) is 0 Å². The molecule has 0 bridgehead atoms. The van der Waals surface area contributed by atoms with Gasteiger partial charge >= 0.3 is 5.97 Å². The topological polar surface area (TPSA) is 49.8 Å². The third kappa shape index (κ3) is 3.53. The van der Waals surface area contributed by atoms with E-state index in [9.17, 15) is 9.90 Å². The van der Waals surface area contributed by atoms with Crippen LogP contribution in [0.3, 0.4) is 0 Å². The Bertz CT molecular complexity index is 354. The van der Waals surface area contributed by atoms with E-state index in [2.05, 4.69) is 32.6 Å². The van der Waals surface area contributed by atoms with E-state index in [1.54, 1.807) is 0 Å². The maximum atomic E-state index is 11.8. The summed E-state index contributed by atoms with van der Waals surface area (Å²) in [5.41, 5.74) is -0.964. The summed E-state index contributed by atoms with van der Waals surface area (Å²) in [6.07, 6.45) is 4.91. The first-order valence-electron chi connectivity index (χ1n) is 7.80. The lowest BCUT2D eigenvalue weighted by atomic mass is 9.73. The molecule has 20 heavy (non-hydrogen) atoms. The first kappa shape index (κ1) is 15.8. The lowest BCUT2D eigenvalue weighted by Gasteiger charge is -2.49. The number of morpholine rings is 1. The van der Waals surface area contributed by atoms with E-state index in [-0.39, 0.29) is 11.2 Å². The van der Waals surface area contributed by atoms with E-state index < -0.39 is 11.4 Å². The van der Waals surface area contributed by atoms with E-state index in [0.717, 1.165) is 38.8 Å². The fraction of sp³-hybridized carbons (Fsp3) is 0.938. The van der Waals surface area contributed by atoms with Crippen LogP contribution in [-0.4, -0.2) is 46.8 Å². The SMILES string of the molecule is CC1(C)CN(CC2(C(=O)O)CCCCC2)CC(C)(C)O1. The molecule has 1 aliphatic heterocycles. The second kappa shape index (κ2) is 5.30. The van der Waals surface area contributed by atoms with Crippen LogP contribution < -0.4 is 0 Å². The Kier molecular flexibility index (Phi) is 4.18. The Morgan fingerprint density at radius 1 is 1.05 bits per heavy atom. The highest BCUT2D eigenvalue weighted by Crippen LogP contribution is 2.39. The summed E-state index contributed by atoms with van der Waals surface area (Å²) in [6.45, 7) is 10.7. The summed E-state index contributed by atoms with van der Waals surface area (Å²) in [5, 5.41) is 9.72. The molecule has 2 aliphatic rings. The van der Waals surface area contributed by atoms with Crippen molar-refractivity contribution >= 4 is 5.97 Å². The van der Waals surface area contributed by atoms with Crippen LogP contribution in [0.2, 0.25) is 0 Å². The lowest BCUT2D eigenvalue weighted by Crippen LogP contribution is -2.59. The molecule has 0 aromatic carbocycles. The van der Waals surface area contributed by atoms with Gasteiger partial charge in [0, 0.05) is 19.6 Å². The Morgan fingerprint density at radius 2 is 1.55 bits per heavy atom. The molecule has 116 valence electrons. The van der Waals surface area contributed by atoms with Crippen LogP contribution in [0.15, 0.2) is 0 Å². The molecular weight excluding hydrogens is 254 g/mol. The number of carboxylic acid groups (broad SMARTS) is 1. The van der Waals surface area contributed by atoms with Gasteiger partial charge in [-0.15, -0.1) is 0 Å². The van der Waals surface area contributed by atoms with Gasteiger partial charge in [0.25, 0.3) is 0 Å². The molecule has 0 atom stereocenters. The summed E-state index contributed by atoms with van der Waals surface area (Å²) in [5.74, 6) is -0.612. The van der Waals surface area contributed by atoms with Crippen molar-refractivity contribution in [3.8, 4) is 0 Å². The lowest BCUT2D eigenvalue weighted by molar-refractivity contribution is -0.189. The van der Waals surface area contributed by atoms with Crippen LogP contribution in [0.5, 0.6) is 0 Å². The van der Waals surface area contributed by atoms with E-state index in [4.69, 9.17) is 4.74 Å². The number of hydrogen-bond acceptors (Lipinski definition) is 3. The van der Waals surface area contributed by atoms with E-state index in [0.29, 0.717) is 6.54 Å². The Balaban J connectivity index is 2.12. The Hall–Kier alpha value is -0.610. The van der Waals surface area contributed by atoms with Gasteiger partial charge in [0.15, 0.2) is 0 Å². The maximum absolute atomic E-state index is 11.8. The Morgan fingerprint density at radius 3 is 2.00 bits per heavy atom. The van der Waals surface area contributed by atoms with Crippen molar-refractivity contribution in [1.82, 2.24) is 4.90 Å². The number of ether oxygens (including phenoxy) is 1. The number of aliphatic carboxylic acids is 1. The average molecular weight is 283 g/mol. The van der Waals surface area contributed by atoms with Crippen LogP contribution >= 0.6 is 0 Å². The van der Waals surface area contributed by atoms with Crippen LogP contribution in [0, 0.1) is 5.41 Å². The molecule has 0 spiro atoms. The minimum Gasteiger partial charge on any atom is -0.481 e. The van der Waals surface area contributed by atoms with Crippen molar-refractivity contribution in [2.45, 2.75) is 71.0 Å². The fourth-order valence-electron chi connectivity index (χ4n) is 4.15. The van der Waals surface area contributed by atoms with Crippen molar-refractivity contribution < 1.29 is 14.6 Å². The number of carboxylic acids is 1. The smallest absolute Gasteiger partial charge is 0.310 e. The van der Waals surface area contributed by atoms with Gasteiger partial charge in [-0.25, -0.2) is 0 Å². The van der Waals surface area contributed by atoms with Crippen LogP contribution in [0.1, 0.15) is 59.8 Å². The highest BCUT2D eigenvalue weighted by Gasteiger charge is 2.45. The third-order valence-corrected chi connectivity index (χ3v) is 4.55. The largest absolute Gasteiger partial charge is 0.481 e. The molecule has 2 rings (SSSR count). The predicted octanol–water partition coefficient (Wildman–Crippen LogP) is 2.91. The zero-order valence-corrected chi connectivity index (χ0v) is 13.4. The van der Waals surface area contributed by atoms with E-state index >= 15 is 0 Å². The number of nitrogens with zero attached hydrogens (tertiary/aromatic N) is 1. The second-order valence-electron chi connectivity index (χ2n) is 7.91. The Labute approximate surface area is 122 Å². The highest BCUT2D eigenvalue weighted by atomic mass is 16.5. The number of hydrogen-bond donors (Lipinski definition) is 1. The molecule has 1 saturated heterocycles. The standard InChI is InChI=1S/C16H29NO3/c1-14(2)10-17(11-15(3,4)20-14)12-16(13(18)19)8-6-5-7-9-16/h5-12H2,1-4H3,(H,18,19). The van der Waals surface area contributed by atoms with Gasteiger partial charge in [0.1, 0.15) is 0 Å².